The first kappa shape index (κ1) is 35.2. The van der Waals surface area contributed by atoms with Crippen LogP contribution in [0.2, 0.25) is 0 Å². The third-order valence-corrected chi connectivity index (χ3v) is 13.5. The van der Waals surface area contributed by atoms with E-state index in [1.165, 1.54) is 0 Å². The fourth-order valence-corrected chi connectivity index (χ4v) is 8.98. The van der Waals surface area contributed by atoms with Gasteiger partial charge < -0.3 is 10.2 Å². The average molecular weight is 601 g/mol. The molecule has 1 aromatic rings. The molecule has 2 fully saturated rings. The van der Waals surface area contributed by atoms with Crippen molar-refractivity contribution in [1.82, 2.24) is 9.80 Å². The molecule has 2 aliphatic heterocycles. The smallest absolute Gasteiger partial charge is 0.409 e. The molecule has 8 atom stereocenters. The van der Waals surface area contributed by atoms with Crippen LogP contribution in [0, 0.1) is 18.8 Å². The fraction of sp³-hybridized carbons (Fsp3) is 0.771. The zero-order chi connectivity index (χ0) is 32.9. The maximum absolute atomic E-state index is 12.4. The number of anilines is 2. The predicted molar refractivity (Wildman–Crippen MR) is 178 cm³/mol. The van der Waals surface area contributed by atoms with Crippen LogP contribution in [-0.2, 0) is 0 Å². The molecule has 3 rings (SSSR count). The largest absolute Gasteiger partial charge is 0.465 e. The number of benzene rings is 1. The third kappa shape index (κ3) is 5.67. The Hall–Kier alpha value is -2.32. The van der Waals surface area contributed by atoms with Crippen molar-refractivity contribution in [3.63, 3.8) is 0 Å². The van der Waals surface area contributed by atoms with Gasteiger partial charge in [-0.15, -0.1) is 0 Å². The van der Waals surface area contributed by atoms with Crippen molar-refractivity contribution in [1.29, 1.82) is 0 Å². The lowest BCUT2D eigenvalue weighted by molar-refractivity contribution is -0.0747. The highest BCUT2D eigenvalue weighted by Gasteiger charge is 2.54. The van der Waals surface area contributed by atoms with E-state index in [1.807, 2.05) is 6.92 Å². The molecule has 2 heterocycles. The summed E-state index contributed by atoms with van der Waals surface area (Å²) in [6.07, 6.45) is 3.25. The summed E-state index contributed by atoms with van der Waals surface area (Å²) in [5, 5.41) is 25.8. The molecule has 1 aromatic carbocycles. The number of hydrogen-bond acceptors (Lipinski definition) is 4. The lowest BCUT2D eigenvalue weighted by Crippen LogP contribution is -2.64. The zero-order valence-electron chi connectivity index (χ0n) is 29.2. The third-order valence-electron chi connectivity index (χ3n) is 13.5. The van der Waals surface area contributed by atoms with Crippen molar-refractivity contribution < 1.29 is 19.8 Å². The van der Waals surface area contributed by atoms with Crippen LogP contribution < -0.4 is 10.6 Å². The predicted octanol–water partition coefficient (Wildman–Crippen LogP) is 8.96. The van der Waals surface area contributed by atoms with Gasteiger partial charge in [-0.2, -0.15) is 0 Å². The molecule has 0 bridgehead atoms. The fourth-order valence-electron chi connectivity index (χ4n) is 8.98. The van der Waals surface area contributed by atoms with E-state index in [4.69, 9.17) is 0 Å². The quantitative estimate of drug-likeness (QED) is 0.237. The van der Waals surface area contributed by atoms with E-state index in [0.717, 1.165) is 55.2 Å². The van der Waals surface area contributed by atoms with Crippen LogP contribution in [-0.4, -0.2) is 68.5 Å². The molecule has 0 saturated carbocycles. The highest BCUT2D eigenvalue weighted by Crippen LogP contribution is 2.57. The van der Waals surface area contributed by atoms with Crippen LogP contribution in [0.1, 0.15) is 136 Å². The molecule has 0 radical (unpaired) electrons. The monoisotopic (exact) mass is 600 g/mol. The molecule has 0 aromatic heterocycles. The minimum absolute atomic E-state index is 0.0534. The van der Waals surface area contributed by atoms with E-state index in [1.54, 1.807) is 0 Å². The van der Waals surface area contributed by atoms with Crippen molar-refractivity contribution in [3.05, 3.63) is 22.8 Å². The number of rotatable bonds is 8. The van der Waals surface area contributed by atoms with Crippen molar-refractivity contribution in [2.75, 3.05) is 24.7 Å². The molecule has 0 spiro atoms. The van der Waals surface area contributed by atoms with Crippen molar-refractivity contribution in [3.8, 4) is 0 Å². The number of carbonyl (C=O) groups is 2. The van der Waals surface area contributed by atoms with Gasteiger partial charge in [0.15, 0.2) is 0 Å². The van der Waals surface area contributed by atoms with Gasteiger partial charge in [0, 0.05) is 33.4 Å². The van der Waals surface area contributed by atoms with Gasteiger partial charge in [-0.3, -0.25) is 20.4 Å². The second-order valence-corrected chi connectivity index (χ2v) is 14.7. The Morgan fingerprint density at radius 3 is 1.60 bits per heavy atom. The number of nitrogens with zero attached hydrogens (tertiary/aromatic N) is 2. The Labute approximate surface area is 261 Å². The van der Waals surface area contributed by atoms with Crippen LogP contribution in [0.3, 0.4) is 0 Å². The Morgan fingerprint density at radius 1 is 0.791 bits per heavy atom. The topological polar surface area (TPSA) is 105 Å². The van der Waals surface area contributed by atoms with Crippen LogP contribution in [0.5, 0.6) is 0 Å². The maximum Gasteiger partial charge on any atom is 0.409 e. The Balaban J connectivity index is 2.40. The van der Waals surface area contributed by atoms with E-state index in [0.29, 0.717) is 11.4 Å². The van der Waals surface area contributed by atoms with E-state index in [9.17, 15) is 19.8 Å². The molecule has 244 valence electrons. The van der Waals surface area contributed by atoms with Gasteiger partial charge in [0.25, 0.3) is 0 Å². The Bertz CT molecular complexity index is 1220. The van der Waals surface area contributed by atoms with Crippen molar-refractivity contribution in [2.24, 2.45) is 11.8 Å². The van der Waals surface area contributed by atoms with Gasteiger partial charge in [0.2, 0.25) is 0 Å². The van der Waals surface area contributed by atoms with E-state index in [-0.39, 0.29) is 45.8 Å². The molecule has 8 unspecified atom stereocenters. The van der Waals surface area contributed by atoms with Gasteiger partial charge in [0.1, 0.15) is 0 Å². The summed E-state index contributed by atoms with van der Waals surface area (Å²) in [7, 11) is 4.44. The molecular formula is C35H60N4O4. The minimum Gasteiger partial charge on any atom is -0.465 e. The summed E-state index contributed by atoms with van der Waals surface area (Å²) in [5.74, 6) is 0.473. The van der Waals surface area contributed by atoms with Crippen molar-refractivity contribution in [2.45, 2.75) is 149 Å². The van der Waals surface area contributed by atoms with Crippen LogP contribution in [0.25, 0.3) is 0 Å². The molecule has 2 saturated heterocycles. The molecular weight excluding hydrogens is 540 g/mol. The summed E-state index contributed by atoms with van der Waals surface area (Å²) < 4.78 is 0. The first-order chi connectivity index (χ1) is 19.8. The SMILES string of the molecule is CCC1(C)CC(c2cc(NC(=O)O)c(C3CC(C)(CC)N(C)C(C)(CC)C3C)c(NC(=O)O)c2C)C(C)C(C)(CC)N1C. The average Bonchev–Trinajstić information content (AvgIpc) is 2.96. The van der Waals surface area contributed by atoms with Crippen LogP contribution in [0.15, 0.2) is 6.07 Å². The Kier molecular flexibility index (Phi) is 10.00. The minimum atomic E-state index is -1.14. The molecule has 43 heavy (non-hydrogen) atoms. The first-order valence-corrected chi connectivity index (χ1v) is 16.5. The van der Waals surface area contributed by atoms with Gasteiger partial charge in [-0.05, 0) is 128 Å². The van der Waals surface area contributed by atoms with E-state index in [2.05, 4.69) is 110 Å². The van der Waals surface area contributed by atoms with Crippen LogP contribution in [0.4, 0.5) is 21.0 Å². The second-order valence-electron chi connectivity index (χ2n) is 14.7. The van der Waals surface area contributed by atoms with Gasteiger partial charge in [0.05, 0.1) is 5.69 Å². The number of hydrogen-bond donors (Lipinski definition) is 4. The molecule has 8 heteroatoms. The van der Waals surface area contributed by atoms with Crippen molar-refractivity contribution >= 4 is 23.6 Å². The second kappa shape index (κ2) is 12.2. The number of piperidine rings is 2. The van der Waals surface area contributed by atoms with E-state index < -0.39 is 12.2 Å². The molecule has 0 aliphatic carbocycles. The lowest BCUT2D eigenvalue weighted by atomic mass is 9.60. The maximum atomic E-state index is 12.4. The molecule has 8 nitrogen and oxygen atoms in total. The van der Waals surface area contributed by atoms with Crippen LogP contribution >= 0.6 is 0 Å². The Morgan fingerprint density at radius 2 is 1.21 bits per heavy atom. The van der Waals surface area contributed by atoms with Gasteiger partial charge >= 0.3 is 12.2 Å². The summed E-state index contributed by atoms with van der Waals surface area (Å²) in [6, 6.07) is 2.06. The van der Waals surface area contributed by atoms with Gasteiger partial charge in [-0.1, -0.05) is 41.5 Å². The van der Waals surface area contributed by atoms with Gasteiger partial charge in [-0.25, -0.2) is 9.59 Å². The number of amides is 2. The summed E-state index contributed by atoms with van der Waals surface area (Å²) in [5.41, 5.74) is 3.37. The highest BCUT2D eigenvalue weighted by atomic mass is 16.4. The number of carboxylic acid groups (broad SMARTS) is 2. The highest BCUT2D eigenvalue weighted by molar-refractivity contribution is 5.92. The molecule has 2 amide bonds. The molecule has 2 aliphatic rings. The normalized spacial score (nSPS) is 37.2. The van der Waals surface area contributed by atoms with E-state index >= 15 is 0 Å². The summed E-state index contributed by atoms with van der Waals surface area (Å²) in [4.78, 5) is 29.8. The standard InChI is InChI=1S/C35H60N4O4/c1-14-32(8)19-25(22(6)34(10,16-3)38(32)12)24-18-27(36-30(40)41)28(29(21(24)5)37-31(42)43)26-20-33(9,15-2)39(13)35(11,17-4)23(26)7/h18,22-23,25-26,36-37H,14-17,19-20H2,1-13H3,(H,40,41)(H,42,43). The lowest BCUT2D eigenvalue weighted by Gasteiger charge is -2.60. The number of likely N-dealkylation sites (tertiary alicyclic amines) is 2. The summed E-state index contributed by atoms with van der Waals surface area (Å²) >= 11 is 0. The number of nitrogens with one attached hydrogen (secondary N) is 2. The zero-order valence-corrected chi connectivity index (χ0v) is 29.2. The molecule has 4 N–H and O–H groups in total. The summed E-state index contributed by atoms with van der Waals surface area (Å²) in [6.45, 7) is 24.7. The first-order valence-electron chi connectivity index (χ1n) is 16.5.